The topological polar surface area (TPSA) is 24.9 Å². The third-order valence-electron chi connectivity index (χ3n) is 2.51. The Morgan fingerprint density at radius 3 is 2.65 bits per heavy atom. The van der Waals surface area contributed by atoms with Gasteiger partial charge >= 0.3 is 0 Å². The maximum atomic E-state index is 13.6. The second-order valence-corrected chi connectivity index (χ2v) is 4.69. The molecule has 0 aliphatic heterocycles. The van der Waals surface area contributed by atoms with Gasteiger partial charge in [0, 0.05) is 22.9 Å². The Balaban J connectivity index is 2.18. The molecule has 1 aromatic heterocycles. The first-order valence-corrected chi connectivity index (χ1v) is 6.07. The van der Waals surface area contributed by atoms with Crippen LogP contribution in [0, 0.1) is 5.82 Å². The molecule has 0 saturated heterocycles. The molecule has 4 heteroatoms. The molecule has 1 N–H and O–H groups in total. The lowest BCUT2D eigenvalue weighted by atomic mass is 10.1. The molecular formula is C13H12BrFN2. The van der Waals surface area contributed by atoms with Crippen molar-refractivity contribution in [1.82, 2.24) is 4.98 Å². The van der Waals surface area contributed by atoms with Gasteiger partial charge in [-0.3, -0.25) is 4.98 Å². The van der Waals surface area contributed by atoms with Gasteiger partial charge in [0.15, 0.2) is 0 Å². The predicted octanol–water partition coefficient (Wildman–Crippen LogP) is 4.16. The van der Waals surface area contributed by atoms with Crippen molar-refractivity contribution in [2.75, 3.05) is 5.32 Å². The van der Waals surface area contributed by atoms with Gasteiger partial charge in [0.25, 0.3) is 0 Å². The van der Waals surface area contributed by atoms with E-state index in [2.05, 4.69) is 26.2 Å². The summed E-state index contributed by atoms with van der Waals surface area (Å²) in [6, 6.07) is 8.69. The average Bonchev–Trinajstić information content (AvgIpc) is 2.35. The second-order valence-electron chi connectivity index (χ2n) is 3.77. The molecule has 0 spiro atoms. The van der Waals surface area contributed by atoms with E-state index >= 15 is 0 Å². The lowest BCUT2D eigenvalue weighted by Gasteiger charge is -2.16. The van der Waals surface area contributed by atoms with E-state index in [1.807, 2.05) is 19.1 Å². The number of nitrogens with zero attached hydrogens (tertiary/aromatic N) is 1. The molecule has 0 radical (unpaired) electrons. The normalized spacial score (nSPS) is 12.2. The van der Waals surface area contributed by atoms with Crippen LogP contribution in [0.3, 0.4) is 0 Å². The monoisotopic (exact) mass is 294 g/mol. The molecule has 0 fully saturated rings. The highest BCUT2D eigenvalue weighted by molar-refractivity contribution is 9.10. The average molecular weight is 295 g/mol. The Hall–Kier alpha value is -1.42. The molecule has 17 heavy (non-hydrogen) atoms. The molecule has 1 unspecified atom stereocenters. The van der Waals surface area contributed by atoms with Crippen molar-refractivity contribution in [3.8, 4) is 0 Å². The number of aromatic nitrogens is 1. The smallest absolute Gasteiger partial charge is 0.146 e. The van der Waals surface area contributed by atoms with E-state index in [0.29, 0.717) is 5.69 Å². The van der Waals surface area contributed by atoms with Crippen molar-refractivity contribution in [3.63, 3.8) is 0 Å². The van der Waals surface area contributed by atoms with E-state index in [1.54, 1.807) is 24.5 Å². The summed E-state index contributed by atoms with van der Waals surface area (Å²) < 4.78 is 14.4. The van der Waals surface area contributed by atoms with E-state index in [4.69, 9.17) is 0 Å². The molecule has 0 bridgehead atoms. The van der Waals surface area contributed by atoms with Crippen molar-refractivity contribution >= 4 is 21.6 Å². The van der Waals surface area contributed by atoms with Crippen LogP contribution < -0.4 is 5.32 Å². The Kier molecular flexibility index (Phi) is 3.74. The predicted molar refractivity (Wildman–Crippen MR) is 70.4 cm³/mol. The van der Waals surface area contributed by atoms with Gasteiger partial charge in [-0.25, -0.2) is 4.39 Å². The summed E-state index contributed by atoms with van der Waals surface area (Å²) in [5.74, 6) is -0.255. The minimum absolute atomic E-state index is 0.0294. The lowest BCUT2D eigenvalue weighted by molar-refractivity contribution is 0.627. The van der Waals surface area contributed by atoms with E-state index in [9.17, 15) is 4.39 Å². The van der Waals surface area contributed by atoms with E-state index in [1.165, 1.54) is 6.07 Å². The number of rotatable bonds is 3. The number of anilines is 1. The largest absolute Gasteiger partial charge is 0.376 e. The summed E-state index contributed by atoms with van der Waals surface area (Å²) in [5, 5.41) is 3.13. The molecule has 2 aromatic rings. The fraction of sp³-hybridized carbons (Fsp3) is 0.154. The number of hydrogen-bond donors (Lipinski definition) is 1. The van der Waals surface area contributed by atoms with Crippen molar-refractivity contribution in [2.24, 2.45) is 0 Å². The van der Waals surface area contributed by atoms with Crippen LogP contribution >= 0.6 is 15.9 Å². The summed E-state index contributed by atoms with van der Waals surface area (Å²) in [6.07, 6.45) is 3.45. The SMILES string of the molecule is CC(Nc1cc(Br)ccc1F)c1ccncc1. The molecule has 1 aromatic carbocycles. The molecule has 0 amide bonds. The summed E-state index contributed by atoms with van der Waals surface area (Å²) in [6.45, 7) is 1.98. The highest BCUT2D eigenvalue weighted by Gasteiger charge is 2.08. The van der Waals surface area contributed by atoms with Gasteiger partial charge in [0.05, 0.1) is 5.69 Å². The summed E-state index contributed by atoms with van der Waals surface area (Å²) in [5.41, 5.74) is 1.56. The minimum atomic E-state index is -0.255. The third-order valence-corrected chi connectivity index (χ3v) is 3.00. The zero-order chi connectivity index (χ0) is 12.3. The van der Waals surface area contributed by atoms with Crippen LogP contribution in [0.2, 0.25) is 0 Å². The van der Waals surface area contributed by atoms with Crippen LogP contribution in [-0.2, 0) is 0 Å². The first-order valence-electron chi connectivity index (χ1n) is 5.28. The van der Waals surface area contributed by atoms with Gasteiger partial charge in [-0.1, -0.05) is 15.9 Å². The molecule has 0 aliphatic carbocycles. The lowest BCUT2D eigenvalue weighted by Crippen LogP contribution is -2.07. The molecule has 0 saturated carbocycles. The number of pyridine rings is 1. The molecule has 0 aliphatic rings. The minimum Gasteiger partial charge on any atom is -0.376 e. The van der Waals surface area contributed by atoms with E-state index < -0.39 is 0 Å². The van der Waals surface area contributed by atoms with Crippen LogP contribution in [0.5, 0.6) is 0 Å². The molecule has 1 atom stereocenters. The zero-order valence-electron chi connectivity index (χ0n) is 9.32. The quantitative estimate of drug-likeness (QED) is 0.919. The fourth-order valence-electron chi connectivity index (χ4n) is 1.58. The Morgan fingerprint density at radius 1 is 1.24 bits per heavy atom. The van der Waals surface area contributed by atoms with Gasteiger partial charge in [-0.05, 0) is 42.8 Å². The first kappa shape index (κ1) is 12.0. The molecular weight excluding hydrogens is 283 g/mol. The van der Waals surface area contributed by atoms with E-state index in [-0.39, 0.29) is 11.9 Å². The van der Waals surface area contributed by atoms with Gasteiger partial charge in [0.2, 0.25) is 0 Å². The summed E-state index contributed by atoms with van der Waals surface area (Å²) >= 11 is 3.33. The standard InChI is InChI=1S/C13H12BrFN2/c1-9(10-4-6-16-7-5-10)17-13-8-11(14)2-3-12(13)15/h2-9,17H,1H3. The van der Waals surface area contributed by atoms with Crippen LogP contribution in [0.1, 0.15) is 18.5 Å². The Morgan fingerprint density at radius 2 is 1.94 bits per heavy atom. The molecule has 88 valence electrons. The van der Waals surface area contributed by atoms with Crippen LogP contribution in [0.4, 0.5) is 10.1 Å². The zero-order valence-corrected chi connectivity index (χ0v) is 10.9. The highest BCUT2D eigenvalue weighted by atomic mass is 79.9. The van der Waals surface area contributed by atoms with Gasteiger partial charge in [-0.15, -0.1) is 0 Å². The maximum absolute atomic E-state index is 13.6. The maximum Gasteiger partial charge on any atom is 0.146 e. The number of hydrogen-bond acceptors (Lipinski definition) is 2. The van der Waals surface area contributed by atoms with Crippen LogP contribution in [0.15, 0.2) is 47.2 Å². The Bertz CT molecular complexity index is 502. The number of halogens is 2. The Labute approximate surface area is 108 Å². The van der Waals surface area contributed by atoms with Gasteiger partial charge in [0.1, 0.15) is 5.82 Å². The van der Waals surface area contributed by atoms with Crippen molar-refractivity contribution in [3.05, 3.63) is 58.6 Å². The summed E-state index contributed by atoms with van der Waals surface area (Å²) in [7, 11) is 0. The number of benzene rings is 1. The van der Waals surface area contributed by atoms with Crippen molar-refractivity contribution < 1.29 is 4.39 Å². The van der Waals surface area contributed by atoms with Gasteiger partial charge < -0.3 is 5.32 Å². The van der Waals surface area contributed by atoms with Crippen molar-refractivity contribution in [1.29, 1.82) is 0 Å². The first-order chi connectivity index (χ1) is 8.16. The number of nitrogens with one attached hydrogen (secondary N) is 1. The van der Waals surface area contributed by atoms with Crippen molar-refractivity contribution in [2.45, 2.75) is 13.0 Å². The molecule has 1 heterocycles. The van der Waals surface area contributed by atoms with Gasteiger partial charge in [-0.2, -0.15) is 0 Å². The molecule has 2 rings (SSSR count). The summed E-state index contributed by atoms with van der Waals surface area (Å²) in [4.78, 5) is 3.96. The van der Waals surface area contributed by atoms with Crippen LogP contribution in [-0.4, -0.2) is 4.98 Å². The fourth-order valence-corrected chi connectivity index (χ4v) is 1.94. The molecule has 2 nitrogen and oxygen atoms in total. The third kappa shape index (κ3) is 3.03. The van der Waals surface area contributed by atoms with E-state index in [0.717, 1.165) is 10.0 Å². The van der Waals surface area contributed by atoms with Crippen LogP contribution in [0.25, 0.3) is 0 Å². The highest BCUT2D eigenvalue weighted by Crippen LogP contribution is 2.24. The second kappa shape index (κ2) is 5.27.